The smallest absolute Gasteiger partial charge is 0.307 e. The van der Waals surface area contributed by atoms with Crippen LogP contribution in [0.15, 0.2) is 22.7 Å². The molecule has 0 bridgehead atoms. The lowest BCUT2D eigenvalue weighted by molar-refractivity contribution is -0.140. The normalized spacial score (nSPS) is 11.6. The van der Waals surface area contributed by atoms with Gasteiger partial charge in [-0.15, -0.1) is 0 Å². The average molecular weight is 365 g/mol. The van der Waals surface area contributed by atoms with Gasteiger partial charge in [0, 0.05) is 11.6 Å². The van der Waals surface area contributed by atoms with Gasteiger partial charge in [-0.25, -0.2) is 0 Å². The van der Waals surface area contributed by atoms with Gasteiger partial charge in [0.25, 0.3) is 5.91 Å². The van der Waals surface area contributed by atoms with Gasteiger partial charge in [0.15, 0.2) is 6.10 Å². The second-order valence-electron chi connectivity index (χ2n) is 3.95. The Bertz CT molecular complexity index is 495. The number of halogens is 2. The van der Waals surface area contributed by atoms with Gasteiger partial charge >= 0.3 is 5.97 Å². The summed E-state index contributed by atoms with van der Waals surface area (Å²) >= 11 is 9.12. The monoisotopic (exact) mass is 363 g/mol. The predicted octanol–water partition coefficient (Wildman–Crippen LogP) is 2.55. The van der Waals surface area contributed by atoms with E-state index < -0.39 is 6.10 Å². The maximum atomic E-state index is 11.8. The molecule has 0 heterocycles. The predicted molar refractivity (Wildman–Crippen MR) is 78.9 cm³/mol. The minimum absolute atomic E-state index is 0.125. The fourth-order valence-corrected chi connectivity index (χ4v) is 2.12. The molecule has 20 heavy (non-hydrogen) atoms. The highest BCUT2D eigenvalue weighted by Crippen LogP contribution is 2.28. The van der Waals surface area contributed by atoms with Crippen LogP contribution in [0.2, 0.25) is 5.02 Å². The first-order valence-corrected chi connectivity index (χ1v) is 7.07. The summed E-state index contributed by atoms with van der Waals surface area (Å²) in [5.74, 6) is -0.167. The Labute approximate surface area is 130 Å². The van der Waals surface area contributed by atoms with Gasteiger partial charge in [-0.2, -0.15) is 0 Å². The van der Waals surface area contributed by atoms with Crippen molar-refractivity contribution in [3.8, 4) is 5.75 Å². The van der Waals surface area contributed by atoms with Gasteiger partial charge in [-0.05, 0) is 41.1 Å². The second kappa shape index (κ2) is 8.11. The first-order chi connectivity index (χ1) is 9.43. The van der Waals surface area contributed by atoms with Crippen LogP contribution in [-0.4, -0.2) is 31.6 Å². The number of amides is 1. The number of carbonyl (C=O) groups is 2. The molecule has 0 radical (unpaired) electrons. The van der Waals surface area contributed by atoms with Crippen LogP contribution in [0.3, 0.4) is 0 Å². The molecule has 0 aliphatic rings. The second-order valence-corrected chi connectivity index (χ2v) is 5.24. The molecular formula is C13H15BrClNO4. The fourth-order valence-electron chi connectivity index (χ4n) is 1.35. The molecule has 0 saturated heterocycles. The summed E-state index contributed by atoms with van der Waals surface area (Å²) in [7, 11) is 1.30. The van der Waals surface area contributed by atoms with E-state index in [1.165, 1.54) is 7.11 Å². The third kappa shape index (κ3) is 5.38. The van der Waals surface area contributed by atoms with Crippen molar-refractivity contribution in [1.82, 2.24) is 5.32 Å². The number of carbonyl (C=O) groups excluding carboxylic acids is 2. The first-order valence-electron chi connectivity index (χ1n) is 5.90. The molecule has 1 aromatic carbocycles. The summed E-state index contributed by atoms with van der Waals surface area (Å²) in [6, 6.07) is 5.02. The molecule has 7 heteroatoms. The van der Waals surface area contributed by atoms with Crippen LogP contribution in [-0.2, 0) is 14.3 Å². The molecule has 110 valence electrons. The van der Waals surface area contributed by atoms with Gasteiger partial charge in [0.05, 0.1) is 18.0 Å². The Morgan fingerprint density at radius 3 is 2.75 bits per heavy atom. The van der Waals surface area contributed by atoms with Crippen LogP contribution < -0.4 is 10.1 Å². The molecule has 1 atom stereocenters. The Morgan fingerprint density at radius 1 is 1.45 bits per heavy atom. The molecule has 0 aliphatic heterocycles. The number of rotatable bonds is 6. The number of hydrogen-bond acceptors (Lipinski definition) is 4. The van der Waals surface area contributed by atoms with Crippen molar-refractivity contribution in [1.29, 1.82) is 0 Å². The van der Waals surface area contributed by atoms with E-state index in [0.717, 1.165) is 0 Å². The lowest BCUT2D eigenvalue weighted by atomic mass is 10.3. The van der Waals surface area contributed by atoms with E-state index in [4.69, 9.17) is 16.3 Å². The van der Waals surface area contributed by atoms with E-state index in [-0.39, 0.29) is 24.8 Å². The molecule has 1 aromatic rings. The average Bonchev–Trinajstić information content (AvgIpc) is 2.41. The zero-order valence-corrected chi connectivity index (χ0v) is 13.5. The summed E-state index contributed by atoms with van der Waals surface area (Å²) in [4.78, 5) is 22.7. The van der Waals surface area contributed by atoms with Crippen LogP contribution in [0.5, 0.6) is 5.75 Å². The Hall–Kier alpha value is -1.27. The molecule has 0 aliphatic carbocycles. The van der Waals surface area contributed by atoms with E-state index in [2.05, 4.69) is 26.0 Å². The number of nitrogens with one attached hydrogen (secondary N) is 1. The molecule has 0 spiro atoms. The van der Waals surface area contributed by atoms with E-state index in [9.17, 15) is 9.59 Å². The lowest BCUT2D eigenvalue weighted by Gasteiger charge is -2.15. The van der Waals surface area contributed by atoms with Crippen LogP contribution in [0.25, 0.3) is 0 Å². The van der Waals surface area contributed by atoms with Gasteiger partial charge in [-0.3, -0.25) is 9.59 Å². The summed E-state index contributed by atoms with van der Waals surface area (Å²) in [6.07, 6.45) is -0.565. The summed E-state index contributed by atoms with van der Waals surface area (Å²) in [6.45, 7) is 1.83. The molecular weight excluding hydrogens is 350 g/mol. The summed E-state index contributed by atoms with van der Waals surface area (Å²) < 4.78 is 10.7. The minimum Gasteiger partial charge on any atom is -0.480 e. The van der Waals surface area contributed by atoms with Crippen molar-refractivity contribution >= 4 is 39.4 Å². The van der Waals surface area contributed by atoms with Crippen LogP contribution in [0.1, 0.15) is 13.3 Å². The fraction of sp³-hybridized carbons (Fsp3) is 0.385. The SMILES string of the molecule is COC(=O)CCNC(=O)C(C)Oc1ccc(Cl)cc1Br. The van der Waals surface area contributed by atoms with Crippen molar-refractivity contribution in [3.63, 3.8) is 0 Å². The standard InChI is InChI=1S/C13H15BrClNO4/c1-8(13(18)16-6-5-12(17)19-2)20-11-4-3-9(15)7-10(11)14/h3-4,7-8H,5-6H2,1-2H3,(H,16,18). The Morgan fingerprint density at radius 2 is 2.15 bits per heavy atom. The zero-order chi connectivity index (χ0) is 15.1. The molecule has 5 nitrogen and oxygen atoms in total. The summed E-state index contributed by atoms with van der Waals surface area (Å²) in [5.41, 5.74) is 0. The maximum Gasteiger partial charge on any atom is 0.307 e. The van der Waals surface area contributed by atoms with Gasteiger partial charge in [0.2, 0.25) is 0 Å². The molecule has 0 fully saturated rings. The highest BCUT2D eigenvalue weighted by Gasteiger charge is 2.16. The molecule has 1 unspecified atom stereocenters. The van der Waals surface area contributed by atoms with E-state index >= 15 is 0 Å². The number of methoxy groups -OCH3 is 1. The number of hydrogen-bond donors (Lipinski definition) is 1. The minimum atomic E-state index is -0.690. The Kier molecular flexibility index (Phi) is 6.81. The molecule has 1 N–H and O–H groups in total. The topological polar surface area (TPSA) is 64.6 Å². The van der Waals surface area contributed by atoms with Gasteiger partial charge in [0.1, 0.15) is 5.75 Å². The largest absolute Gasteiger partial charge is 0.480 e. The van der Waals surface area contributed by atoms with Crippen molar-refractivity contribution in [3.05, 3.63) is 27.7 Å². The van der Waals surface area contributed by atoms with Crippen molar-refractivity contribution in [2.24, 2.45) is 0 Å². The third-order valence-corrected chi connectivity index (χ3v) is 3.28. The van der Waals surface area contributed by atoms with Gasteiger partial charge in [-0.1, -0.05) is 11.6 Å². The van der Waals surface area contributed by atoms with Gasteiger partial charge < -0.3 is 14.8 Å². The number of ether oxygens (including phenoxy) is 2. The highest BCUT2D eigenvalue weighted by atomic mass is 79.9. The highest BCUT2D eigenvalue weighted by molar-refractivity contribution is 9.10. The molecule has 0 aromatic heterocycles. The molecule has 1 rings (SSSR count). The van der Waals surface area contributed by atoms with Crippen molar-refractivity contribution < 1.29 is 19.1 Å². The maximum absolute atomic E-state index is 11.8. The quantitative estimate of drug-likeness (QED) is 0.788. The van der Waals surface area contributed by atoms with Crippen LogP contribution >= 0.6 is 27.5 Å². The van der Waals surface area contributed by atoms with Crippen LogP contribution in [0, 0.1) is 0 Å². The lowest BCUT2D eigenvalue weighted by Crippen LogP contribution is -2.37. The number of benzene rings is 1. The molecule has 1 amide bonds. The van der Waals surface area contributed by atoms with Crippen LogP contribution in [0.4, 0.5) is 0 Å². The Balaban J connectivity index is 2.47. The third-order valence-electron chi connectivity index (χ3n) is 2.42. The first kappa shape index (κ1) is 16.8. The zero-order valence-electron chi connectivity index (χ0n) is 11.1. The van der Waals surface area contributed by atoms with E-state index in [1.54, 1.807) is 25.1 Å². The van der Waals surface area contributed by atoms with Crippen molar-refractivity contribution in [2.75, 3.05) is 13.7 Å². The number of esters is 1. The molecule has 0 saturated carbocycles. The van der Waals surface area contributed by atoms with E-state index in [0.29, 0.717) is 15.2 Å². The summed E-state index contributed by atoms with van der Waals surface area (Å²) in [5, 5.41) is 3.16. The van der Waals surface area contributed by atoms with E-state index in [1.807, 2.05) is 0 Å². The van der Waals surface area contributed by atoms with Crippen molar-refractivity contribution in [2.45, 2.75) is 19.4 Å².